The highest BCUT2D eigenvalue weighted by molar-refractivity contribution is 7.13. The minimum Gasteiger partial charge on any atom is -0.343 e. The normalized spacial score (nSPS) is 11.0. The van der Waals surface area contributed by atoms with Gasteiger partial charge in [-0.1, -0.05) is 6.07 Å². The zero-order valence-electron chi connectivity index (χ0n) is 12.7. The Morgan fingerprint density at radius 3 is 3.00 bits per heavy atom. The van der Waals surface area contributed by atoms with Crippen LogP contribution in [0, 0.1) is 6.92 Å². The monoisotopic (exact) mass is 339 g/mol. The molecule has 4 aromatic rings. The molecule has 24 heavy (non-hydrogen) atoms. The molecular formula is C15H13N7OS. The first-order valence-corrected chi connectivity index (χ1v) is 8.14. The molecule has 0 spiro atoms. The van der Waals surface area contributed by atoms with Gasteiger partial charge in [-0.05, 0) is 36.6 Å². The second-order valence-electron chi connectivity index (χ2n) is 5.20. The van der Waals surface area contributed by atoms with Gasteiger partial charge >= 0.3 is 0 Å². The van der Waals surface area contributed by atoms with Crippen LogP contribution in [0.5, 0.6) is 0 Å². The second kappa shape index (κ2) is 5.85. The molecule has 0 bridgehead atoms. The van der Waals surface area contributed by atoms with E-state index < -0.39 is 0 Å². The Morgan fingerprint density at radius 1 is 1.33 bits per heavy atom. The first-order valence-electron chi connectivity index (χ1n) is 7.26. The van der Waals surface area contributed by atoms with Crippen molar-refractivity contribution >= 4 is 22.9 Å². The summed E-state index contributed by atoms with van der Waals surface area (Å²) < 4.78 is 1.64. The van der Waals surface area contributed by atoms with Crippen LogP contribution >= 0.6 is 11.3 Å². The van der Waals surface area contributed by atoms with Crippen molar-refractivity contribution in [2.24, 2.45) is 0 Å². The van der Waals surface area contributed by atoms with E-state index in [-0.39, 0.29) is 12.5 Å². The first-order chi connectivity index (χ1) is 11.7. The molecule has 0 saturated heterocycles. The maximum Gasteiger partial charge on any atom is 0.272 e. The number of carbonyl (C=O) groups excluding carboxylic acids is 1. The van der Waals surface area contributed by atoms with Gasteiger partial charge in [-0.2, -0.15) is 14.7 Å². The van der Waals surface area contributed by atoms with Gasteiger partial charge in [0.1, 0.15) is 11.4 Å². The summed E-state index contributed by atoms with van der Waals surface area (Å²) in [5.41, 5.74) is 2.65. The summed E-state index contributed by atoms with van der Waals surface area (Å²) >= 11 is 1.61. The standard InChI is InChI=1S/C15H13N7OS/c1-9-7-11(18-17-9)15(23)16-8-14-20-19-13-5-4-10(21-22(13)14)12-3-2-6-24-12/h2-7H,8H2,1H3,(H,16,23)(H,17,18). The van der Waals surface area contributed by atoms with Crippen LogP contribution < -0.4 is 5.32 Å². The summed E-state index contributed by atoms with van der Waals surface area (Å²) in [6, 6.07) is 9.43. The Labute approximate surface area is 140 Å². The van der Waals surface area contributed by atoms with Gasteiger partial charge in [0.15, 0.2) is 11.5 Å². The molecular weight excluding hydrogens is 326 g/mol. The lowest BCUT2D eigenvalue weighted by Gasteiger charge is -2.03. The average molecular weight is 339 g/mol. The second-order valence-corrected chi connectivity index (χ2v) is 6.15. The Morgan fingerprint density at radius 2 is 2.25 bits per heavy atom. The highest BCUT2D eigenvalue weighted by atomic mass is 32.1. The minimum absolute atomic E-state index is 0.215. The van der Waals surface area contributed by atoms with Crippen molar-refractivity contribution in [3.63, 3.8) is 0 Å². The molecule has 0 aliphatic carbocycles. The van der Waals surface area contributed by atoms with Crippen LogP contribution in [0.1, 0.15) is 22.0 Å². The number of H-pyrrole nitrogens is 1. The van der Waals surface area contributed by atoms with Crippen LogP contribution in [0.2, 0.25) is 0 Å². The number of nitrogens with one attached hydrogen (secondary N) is 2. The number of aryl methyl sites for hydroxylation is 1. The van der Waals surface area contributed by atoms with Gasteiger partial charge in [0.2, 0.25) is 0 Å². The largest absolute Gasteiger partial charge is 0.343 e. The summed E-state index contributed by atoms with van der Waals surface area (Å²) in [4.78, 5) is 13.1. The lowest BCUT2D eigenvalue weighted by atomic mass is 10.3. The van der Waals surface area contributed by atoms with Crippen molar-refractivity contribution < 1.29 is 4.79 Å². The van der Waals surface area contributed by atoms with E-state index in [2.05, 4.69) is 30.8 Å². The molecule has 120 valence electrons. The number of thiophene rings is 1. The Hall–Kier alpha value is -3.07. The van der Waals surface area contributed by atoms with Crippen molar-refractivity contribution in [3.05, 3.63) is 52.9 Å². The van der Waals surface area contributed by atoms with Gasteiger partial charge in [-0.3, -0.25) is 9.89 Å². The number of rotatable bonds is 4. The zero-order chi connectivity index (χ0) is 16.5. The molecule has 1 amide bonds. The van der Waals surface area contributed by atoms with Crippen LogP contribution in [0.4, 0.5) is 0 Å². The smallest absolute Gasteiger partial charge is 0.272 e. The highest BCUT2D eigenvalue weighted by Gasteiger charge is 2.13. The van der Waals surface area contributed by atoms with E-state index in [0.29, 0.717) is 17.2 Å². The number of aromatic nitrogens is 6. The van der Waals surface area contributed by atoms with Gasteiger partial charge in [-0.15, -0.1) is 21.5 Å². The lowest BCUT2D eigenvalue weighted by molar-refractivity contribution is 0.0944. The molecule has 0 fully saturated rings. The molecule has 0 aliphatic rings. The fourth-order valence-corrected chi connectivity index (χ4v) is 2.97. The summed E-state index contributed by atoms with van der Waals surface area (Å²) in [7, 11) is 0. The van der Waals surface area contributed by atoms with Crippen molar-refractivity contribution in [3.8, 4) is 10.6 Å². The summed E-state index contributed by atoms with van der Waals surface area (Å²) in [6.07, 6.45) is 0. The van der Waals surface area contributed by atoms with Crippen molar-refractivity contribution in [1.82, 2.24) is 35.3 Å². The maximum atomic E-state index is 12.1. The van der Waals surface area contributed by atoms with Crippen LogP contribution in [0.15, 0.2) is 35.7 Å². The number of amides is 1. The molecule has 8 nitrogen and oxygen atoms in total. The van der Waals surface area contributed by atoms with E-state index in [9.17, 15) is 4.79 Å². The van der Waals surface area contributed by atoms with Gasteiger partial charge in [0.05, 0.1) is 11.4 Å². The van der Waals surface area contributed by atoms with Crippen molar-refractivity contribution in [2.45, 2.75) is 13.5 Å². The molecule has 0 radical (unpaired) electrons. The topological polar surface area (TPSA) is 101 Å². The van der Waals surface area contributed by atoms with Crippen molar-refractivity contribution in [2.75, 3.05) is 0 Å². The van der Waals surface area contributed by atoms with E-state index in [4.69, 9.17) is 0 Å². The van der Waals surface area contributed by atoms with E-state index in [1.807, 2.05) is 36.6 Å². The molecule has 0 unspecified atom stereocenters. The highest BCUT2D eigenvalue weighted by Crippen LogP contribution is 2.22. The Kier molecular flexibility index (Phi) is 3.54. The average Bonchev–Trinajstić information content (AvgIpc) is 3.33. The summed E-state index contributed by atoms with van der Waals surface area (Å²) in [6.45, 7) is 2.05. The molecule has 0 saturated carbocycles. The predicted octanol–water partition coefficient (Wildman–Crippen LogP) is 1.81. The Bertz CT molecular complexity index is 1000. The third-order valence-corrected chi connectivity index (χ3v) is 4.34. The van der Waals surface area contributed by atoms with E-state index >= 15 is 0 Å². The van der Waals surface area contributed by atoms with Crippen molar-refractivity contribution in [1.29, 1.82) is 0 Å². The number of hydrogen-bond donors (Lipinski definition) is 2. The first kappa shape index (κ1) is 14.5. The number of fused-ring (bicyclic) bond motifs is 1. The third kappa shape index (κ3) is 2.65. The van der Waals surface area contributed by atoms with E-state index in [1.54, 1.807) is 21.9 Å². The fraction of sp³-hybridized carbons (Fsp3) is 0.133. The van der Waals surface area contributed by atoms with Gasteiger partial charge in [0, 0.05) is 5.69 Å². The predicted molar refractivity (Wildman–Crippen MR) is 88.6 cm³/mol. The number of hydrogen-bond acceptors (Lipinski definition) is 6. The number of carbonyl (C=O) groups is 1. The molecule has 4 aromatic heterocycles. The van der Waals surface area contributed by atoms with E-state index in [1.165, 1.54) is 0 Å². The molecule has 0 aromatic carbocycles. The molecule has 0 aliphatic heterocycles. The third-order valence-electron chi connectivity index (χ3n) is 3.45. The zero-order valence-corrected chi connectivity index (χ0v) is 13.5. The molecule has 2 N–H and O–H groups in total. The van der Waals surface area contributed by atoms with Gasteiger partial charge in [-0.25, -0.2) is 0 Å². The van der Waals surface area contributed by atoms with Crippen LogP contribution in [0.3, 0.4) is 0 Å². The van der Waals surface area contributed by atoms with E-state index in [0.717, 1.165) is 16.3 Å². The van der Waals surface area contributed by atoms with Crippen LogP contribution in [-0.2, 0) is 6.54 Å². The Balaban J connectivity index is 1.58. The molecule has 4 rings (SSSR count). The van der Waals surface area contributed by atoms with Gasteiger partial charge < -0.3 is 5.32 Å². The maximum absolute atomic E-state index is 12.1. The van der Waals surface area contributed by atoms with Gasteiger partial charge in [0.25, 0.3) is 5.91 Å². The van der Waals surface area contributed by atoms with Crippen LogP contribution in [-0.4, -0.2) is 35.9 Å². The summed E-state index contributed by atoms with van der Waals surface area (Å²) in [5.74, 6) is 0.287. The molecule has 9 heteroatoms. The molecule has 0 atom stereocenters. The SMILES string of the molecule is Cc1cc(C(=O)NCc2nnc3ccc(-c4cccs4)nn23)n[nH]1. The summed E-state index contributed by atoms with van der Waals surface area (Å²) in [5, 5.41) is 24.2. The number of nitrogens with zero attached hydrogens (tertiary/aromatic N) is 5. The lowest BCUT2D eigenvalue weighted by Crippen LogP contribution is -2.24. The molecule has 4 heterocycles. The fourth-order valence-electron chi connectivity index (χ4n) is 2.28. The minimum atomic E-state index is -0.273. The number of aromatic amines is 1. The van der Waals surface area contributed by atoms with Crippen LogP contribution in [0.25, 0.3) is 16.2 Å². The quantitative estimate of drug-likeness (QED) is 0.590.